The second-order valence-corrected chi connectivity index (χ2v) is 7.11. The van der Waals surface area contributed by atoms with E-state index in [1.807, 2.05) is 31.3 Å². The first-order chi connectivity index (χ1) is 13.9. The first-order valence-electron chi connectivity index (χ1n) is 9.32. The summed E-state index contributed by atoms with van der Waals surface area (Å²) in [7, 11) is 1.70. The number of rotatable bonds is 5. The summed E-state index contributed by atoms with van der Waals surface area (Å²) in [6, 6.07) is 9.69. The predicted octanol–water partition coefficient (Wildman–Crippen LogP) is 2.05. The standard InChI is InChI=1S/C21H22N6O2/c1-13-9-17(18-19(24-13)26(3)25-21(18)29)20(28)23-11-15-5-4-6-16(10-15)12-27-8-7-22-14(27)2/h4-10H,11-12H2,1-3H3,(H,23,28)(H,25,29). The van der Waals surface area contributed by atoms with Gasteiger partial charge in [-0.25, -0.2) is 9.97 Å². The third kappa shape index (κ3) is 3.69. The van der Waals surface area contributed by atoms with Gasteiger partial charge in [-0.3, -0.25) is 19.4 Å². The van der Waals surface area contributed by atoms with Crippen molar-refractivity contribution in [1.82, 2.24) is 29.6 Å². The Hall–Kier alpha value is -3.68. The molecule has 0 saturated carbocycles. The van der Waals surface area contributed by atoms with Gasteiger partial charge < -0.3 is 9.88 Å². The minimum absolute atomic E-state index is 0.298. The van der Waals surface area contributed by atoms with E-state index in [9.17, 15) is 9.59 Å². The predicted molar refractivity (Wildman–Crippen MR) is 110 cm³/mol. The van der Waals surface area contributed by atoms with Crippen molar-refractivity contribution in [2.24, 2.45) is 7.05 Å². The van der Waals surface area contributed by atoms with Gasteiger partial charge in [-0.1, -0.05) is 24.3 Å². The molecule has 148 valence electrons. The molecule has 0 radical (unpaired) electrons. The van der Waals surface area contributed by atoms with Crippen LogP contribution in [0.1, 0.15) is 33.0 Å². The third-order valence-corrected chi connectivity index (χ3v) is 4.91. The van der Waals surface area contributed by atoms with E-state index in [2.05, 4.69) is 31.0 Å². The van der Waals surface area contributed by atoms with Crippen LogP contribution in [-0.4, -0.2) is 30.2 Å². The van der Waals surface area contributed by atoms with Gasteiger partial charge in [0.15, 0.2) is 5.65 Å². The molecule has 8 nitrogen and oxygen atoms in total. The number of nitrogens with one attached hydrogen (secondary N) is 2. The van der Waals surface area contributed by atoms with Gasteiger partial charge in [-0.2, -0.15) is 0 Å². The number of hydrogen-bond acceptors (Lipinski definition) is 4. The molecule has 29 heavy (non-hydrogen) atoms. The molecular formula is C21H22N6O2. The second-order valence-electron chi connectivity index (χ2n) is 7.11. The monoisotopic (exact) mass is 390 g/mol. The molecular weight excluding hydrogens is 368 g/mol. The summed E-state index contributed by atoms with van der Waals surface area (Å²) < 4.78 is 3.60. The number of benzene rings is 1. The van der Waals surface area contributed by atoms with E-state index in [1.54, 1.807) is 26.2 Å². The van der Waals surface area contributed by atoms with Crippen LogP contribution >= 0.6 is 0 Å². The maximum atomic E-state index is 12.8. The number of aromatic nitrogens is 5. The topological polar surface area (TPSA) is 97.6 Å². The fraction of sp³-hybridized carbons (Fsp3) is 0.238. The molecule has 1 amide bonds. The fourth-order valence-electron chi connectivity index (χ4n) is 3.45. The molecule has 3 heterocycles. The number of hydrogen-bond donors (Lipinski definition) is 2. The number of H-pyrrole nitrogens is 1. The lowest BCUT2D eigenvalue weighted by atomic mass is 10.1. The zero-order valence-electron chi connectivity index (χ0n) is 16.6. The Morgan fingerprint density at radius 3 is 2.76 bits per heavy atom. The summed E-state index contributed by atoms with van der Waals surface area (Å²) in [4.78, 5) is 33.6. The van der Waals surface area contributed by atoms with Gasteiger partial charge in [-0.15, -0.1) is 0 Å². The molecule has 8 heteroatoms. The summed E-state index contributed by atoms with van der Waals surface area (Å²) in [5.41, 5.74) is 3.27. The highest BCUT2D eigenvalue weighted by atomic mass is 16.2. The molecule has 4 rings (SSSR count). The van der Waals surface area contributed by atoms with Crippen molar-refractivity contribution in [2.45, 2.75) is 26.9 Å². The van der Waals surface area contributed by atoms with E-state index in [4.69, 9.17) is 0 Å². The lowest BCUT2D eigenvalue weighted by Gasteiger charge is -2.10. The Balaban J connectivity index is 1.54. The van der Waals surface area contributed by atoms with E-state index in [1.165, 1.54) is 4.68 Å². The minimum Gasteiger partial charge on any atom is -0.348 e. The van der Waals surface area contributed by atoms with Crippen molar-refractivity contribution in [3.8, 4) is 0 Å². The SMILES string of the molecule is Cc1cc(C(=O)NCc2cccc(Cn3ccnc3C)c2)c2c(=O)[nH]n(C)c2n1. The number of nitrogens with zero attached hydrogens (tertiary/aromatic N) is 4. The van der Waals surface area contributed by atoms with E-state index in [-0.39, 0.29) is 11.5 Å². The average Bonchev–Trinajstić information content (AvgIpc) is 3.22. The van der Waals surface area contributed by atoms with Crippen LogP contribution in [0.5, 0.6) is 0 Å². The molecule has 0 aliphatic heterocycles. The van der Waals surface area contributed by atoms with Crippen LogP contribution in [0.3, 0.4) is 0 Å². The quantitative estimate of drug-likeness (QED) is 0.545. The summed E-state index contributed by atoms with van der Waals surface area (Å²) in [6.45, 7) is 4.85. The van der Waals surface area contributed by atoms with Gasteiger partial charge in [0, 0.05) is 38.2 Å². The van der Waals surface area contributed by atoms with Gasteiger partial charge in [0.25, 0.3) is 11.5 Å². The third-order valence-electron chi connectivity index (χ3n) is 4.91. The number of fused-ring (bicyclic) bond motifs is 1. The second kappa shape index (κ2) is 7.38. The van der Waals surface area contributed by atoms with Crippen molar-refractivity contribution in [1.29, 1.82) is 0 Å². The van der Waals surface area contributed by atoms with Crippen LogP contribution in [0.2, 0.25) is 0 Å². The zero-order valence-corrected chi connectivity index (χ0v) is 16.6. The Labute approximate surface area is 167 Å². The highest BCUT2D eigenvalue weighted by molar-refractivity contribution is 6.05. The minimum atomic E-state index is -0.321. The van der Waals surface area contributed by atoms with E-state index < -0.39 is 0 Å². The number of carbonyl (C=O) groups excluding carboxylic acids is 1. The maximum absolute atomic E-state index is 12.8. The first kappa shape index (κ1) is 18.7. The Morgan fingerprint density at radius 2 is 2.00 bits per heavy atom. The van der Waals surface area contributed by atoms with Crippen molar-refractivity contribution in [3.63, 3.8) is 0 Å². The Bertz CT molecular complexity index is 1260. The molecule has 0 atom stereocenters. The van der Waals surface area contributed by atoms with Gasteiger partial charge in [-0.05, 0) is 31.0 Å². The number of aryl methyl sites for hydroxylation is 3. The molecule has 0 aliphatic rings. The van der Waals surface area contributed by atoms with Crippen LogP contribution in [0.4, 0.5) is 0 Å². The highest BCUT2D eigenvalue weighted by Crippen LogP contribution is 2.15. The zero-order chi connectivity index (χ0) is 20.5. The van der Waals surface area contributed by atoms with E-state index in [0.717, 1.165) is 23.5 Å². The van der Waals surface area contributed by atoms with Gasteiger partial charge >= 0.3 is 0 Å². The van der Waals surface area contributed by atoms with Crippen LogP contribution in [-0.2, 0) is 20.1 Å². The van der Waals surface area contributed by atoms with E-state index in [0.29, 0.717) is 28.8 Å². The summed E-state index contributed by atoms with van der Waals surface area (Å²) >= 11 is 0. The van der Waals surface area contributed by atoms with Crippen LogP contribution in [0, 0.1) is 13.8 Å². The Kier molecular flexibility index (Phi) is 4.75. The highest BCUT2D eigenvalue weighted by Gasteiger charge is 2.17. The fourth-order valence-corrected chi connectivity index (χ4v) is 3.45. The van der Waals surface area contributed by atoms with Crippen molar-refractivity contribution >= 4 is 16.9 Å². The molecule has 1 aromatic carbocycles. The summed E-state index contributed by atoms with van der Waals surface area (Å²) in [6.07, 6.45) is 3.72. The number of imidazole rings is 1. The molecule has 4 aromatic rings. The molecule has 0 fully saturated rings. The lowest BCUT2D eigenvalue weighted by Crippen LogP contribution is -2.24. The smallest absolute Gasteiger partial charge is 0.274 e. The molecule has 0 unspecified atom stereocenters. The van der Waals surface area contributed by atoms with Crippen molar-refractivity contribution in [3.05, 3.63) is 81.3 Å². The van der Waals surface area contributed by atoms with Gasteiger partial charge in [0.1, 0.15) is 5.82 Å². The number of amides is 1. The normalized spacial score (nSPS) is 11.1. The molecule has 0 aliphatic carbocycles. The maximum Gasteiger partial charge on any atom is 0.274 e. The largest absolute Gasteiger partial charge is 0.348 e. The number of aromatic amines is 1. The van der Waals surface area contributed by atoms with Crippen LogP contribution < -0.4 is 10.9 Å². The van der Waals surface area contributed by atoms with E-state index >= 15 is 0 Å². The molecule has 2 N–H and O–H groups in total. The first-order valence-corrected chi connectivity index (χ1v) is 9.32. The summed E-state index contributed by atoms with van der Waals surface area (Å²) in [5, 5.41) is 5.88. The average molecular weight is 390 g/mol. The van der Waals surface area contributed by atoms with Gasteiger partial charge in [0.05, 0.1) is 10.9 Å². The van der Waals surface area contributed by atoms with Crippen LogP contribution in [0.15, 0.2) is 47.5 Å². The van der Waals surface area contributed by atoms with Crippen molar-refractivity contribution in [2.75, 3.05) is 0 Å². The Morgan fingerprint density at radius 1 is 1.21 bits per heavy atom. The number of carbonyl (C=O) groups is 1. The molecule has 3 aromatic heterocycles. The molecule has 0 spiro atoms. The van der Waals surface area contributed by atoms with Crippen molar-refractivity contribution < 1.29 is 4.79 Å². The molecule has 0 saturated heterocycles. The number of pyridine rings is 1. The molecule has 0 bridgehead atoms. The lowest BCUT2D eigenvalue weighted by molar-refractivity contribution is 0.0952. The van der Waals surface area contributed by atoms with Crippen LogP contribution in [0.25, 0.3) is 11.0 Å². The summed E-state index contributed by atoms with van der Waals surface area (Å²) in [5.74, 6) is 0.655. The van der Waals surface area contributed by atoms with Gasteiger partial charge in [0.2, 0.25) is 0 Å².